The van der Waals surface area contributed by atoms with Crippen LogP contribution in [0.3, 0.4) is 0 Å². The molecule has 1 aliphatic rings. The molecule has 0 bridgehead atoms. The number of anilines is 1. The average molecular weight is 317 g/mol. The molecule has 114 valence electrons. The van der Waals surface area contributed by atoms with Crippen molar-refractivity contribution in [3.63, 3.8) is 0 Å². The highest BCUT2D eigenvalue weighted by Gasteiger charge is 2.43. The van der Waals surface area contributed by atoms with Crippen LogP contribution < -0.4 is 4.31 Å². The summed E-state index contributed by atoms with van der Waals surface area (Å²) in [6.07, 6.45) is -0.273. The summed E-state index contributed by atoms with van der Waals surface area (Å²) in [7, 11) is -3.75. The molecule has 0 saturated heterocycles. The number of aryl methyl sites for hydroxylation is 1. The Morgan fingerprint density at radius 2 is 1.77 bits per heavy atom. The van der Waals surface area contributed by atoms with Crippen LogP contribution in [-0.4, -0.2) is 19.5 Å². The Hall–Kier alpha value is -2.34. The highest BCUT2D eigenvalue weighted by atomic mass is 32.2. The predicted molar refractivity (Wildman–Crippen MR) is 82.3 cm³/mol. The Labute approximate surface area is 128 Å². The number of hydrogen-bond acceptors (Lipinski definition) is 3. The molecule has 1 unspecified atom stereocenters. The molecule has 0 spiro atoms. The van der Waals surface area contributed by atoms with E-state index >= 15 is 0 Å². The van der Waals surface area contributed by atoms with Crippen molar-refractivity contribution in [2.45, 2.75) is 24.3 Å². The normalized spacial score (nSPS) is 19.0. The minimum Gasteiger partial charge on any atom is -0.481 e. The Bertz CT molecular complexity index is 845. The zero-order valence-corrected chi connectivity index (χ0v) is 12.7. The van der Waals surface area contributed by atoms with Gasteiger partial charge in [-0.2, -0.15) is 0 Å². The van der Waals surface area contributed by atoms with Crippen LogP contribution in [0.15, 0.2) is 53.4 Å². The van der Waals surface area contributed by atoms with Crippen molar-refractivity contribution in [3.8, 4) is 0 Å². The van der Waals surface area contributed by atoms with E-state index in [1.54, 1.807) is 30.3 Å². The molecular weight excluding hydrogens is 302 g/mol. The molecule has 3 rings (SSSR count). The van der Waals surface area contributed by atoms with Crippen LogP contribution in [0.5, 0.6) is 0 Å². The molecule has 1 heterocycles. The quantitative estimate of drug-likeness (QED) is 0.944. The van der Waals surface area contributed by atoms with E-state index in [-0.39, 0.29) is 11.3 Å². The third kappa shape index (κ3) is 2.16. The van der Waals surface area contributed by atoms with E-state index in [2.05, 4.69) is 0 Å². The molecule has 1 atom stereocenters. The number of sulfonamides is 1. The first-order valence-corrected chi connectivity index (χ1v) is 8.27. The molecular formula is C16H15NO4S. The summed E-state index contributed by atoms with van der Waals surface area (Å²) >= 11 is 0. The van der Waals surface area contributed by atoms with Gasteiger partial charge in [0.15, 0.2) is 0 Å². The van der Waals surface area contributed by atoms with Gasteiger partial charge in [-0.3, -0.25) is 9.10 Å². The van der Waals surface area contributed by atoms with E-state index in [1.165, 1.54) is 10.4 Å². The zero-order chi connectivity index (χ0) is 15.9. The number of aliphatic carboxylic acids is 1. The molecule has 0 radical (unpaired) electrons. The second-order valence-electron chi connectivity index (χ2n) is 5.24. The molecule has 2 aromatic rings. The first-order valence-electron chi connectivity index (χ1n) is 6.83. The number of carboxylic acids is 1. The van der Waals surface area contributed by atoms with E-state index < -0.39 is 22.0 Å². The van der Waals surface area contributed by atoms with Gasteiger partial charge in [-0.25, -0.2) is 8.42 Å². The summed E-state index contributed by atoms with van der Waals surface area (Å²) in [5.74, 6) is -1.03. The smallest absolute Gasteiger partial charge is 0.305 e. The predicted octanol–water partition coefficient (Wildman–Crippen LogP) is 2.72. The number of nitrogens with zero attached hydrogens (tertiary/aromatic N) is 1. The van der Waals surface area contributed by atoms with Crippen LogP contribution in [0.4, 0.5) is 5.69 Å². The Kier molecular flexibility index (Phi) is 3.41. The van der Waals surface area contributed by atoms with Crippen molar-refractivity contribution in [3.05, 3.63) is 59.7 Å². The van der Waals surface area contributed by atoms with E-state index in [0.717, 1.165) is 5.56 Å². The SMILES string of the molecule is Cc1ccccc1N1C(CC(=O)O)c2ccccc2S1(=O)=O. The lowest BCUT2D eigenvalue weighted by atomic mass is 10.0. The van der Waals surface area contributed by atoms with Gasteiger partial charge in [0.05, 0.1) is 23.0 Å². The summed E-state index contributed by atoms with van der Waals surface area (Å²) in [6.45, 7) is 1.81. The Morgan fingerprint density at radius 1 is 1.14 bits per heavy atom. The summed E-state index contributed by atoms with van der Waals surface area (Å²) in [6, 6.07) is 12.9. The van der Waals surface area contributed by atoms with Crippen LogP contribution in [-0.2, 0) is 14.8 Å². The van der Waals surface area contributed by atoms with Gasteiger partial charge in [0, 0.05) is 0 Å². The zero-order valence-electron chi connectivity index (χ0n) is 11.9. The van der Waals surface area contributed by atoms with Crippen molar-refractivity contribution in [1.29, 1.82) is 0 Å². The molecule has 0 fully saturated rings. The van der Waals surface area contributed by atoms with Gasteiger partial charge in [0.2, 0.25) is 0 Å². The first kappa shape index (κ1) is 14.6. The number of rotatable bonds is 3. The summed E-state index contributed by atoms with van der Waals surface area (Å²) in [5.41, 5.74) is 1.84. The van der Waals surface area contributed by atoms with E-state index in [1.807, 2.05) is 19.1 Å². The van der Waals surface area contributed by atoms with Gasteiger partial charge < -0.3 is 5.11 Å². The van der Waals surface area contributed by atoms with E-state index in [9.17, 15) is 18.3 Å². The van der Waals surface area contributed by atoms with E-state index in [4.69, 9.17) is 0 Å². The Morgan fingerprint density at radius 3 is 2.45 bits per heavy atom. The van der Waals surface area contributed by atoms with Gasteiger partial charge in [-0.1, -0.05) is 36.4 Å². The number of carbonyl (C=O) groups is 1. The van der Waals surface area contributed by atoms with Crippen molar-refractivity contribution in [2.75, 3.05) is 4.31 Å². The maximum atomic E-state index is 12.9. The summed E-state index contributed by atoms with van der Waals surface area (Å²) in [4.78, 5) is 11.4. The summed E-state index contributed by atoms with van der Waals surface area (Å²) < 4.78 is 27.0. The lowest BCUT2D eigenvalue weighted by Gasteiger charge is -2.26. The highest BCUT2D eigenvalue weighted by Crippen LogP contribution is 2.45. The van der Waals surface area contributed by atoms with Crippen LogP contribution in [0, 0.1) is 6.92 Å². The molecule has 6 heteroatoms. The maximum absolute atomic E-state index is 12.9. The fraction of sp³-hybridized carbons (Fsp3) is 0.188. The van der Waals surface area contributed by atoms with Gasteiger partial charge in [-0.05, 0) is 30.2 Å². The van der Waals surface area contributed by atoms with Crippen molar-refractivity contribution in [2.24, 2.45) is 0 Å². The monoisotopic (exact) mass is 317 g/mol. The third-order valence-corrected chi connectivity index (χ3v) is 5.72. The van der Waals surface area contributed by atoms with Gasteiger partial charge in [0.25, 0.3) is 10.0 Å². The largest absolute Gasteiger partial charge is 0.481 e. The van der Waals surface area contributed by atoms with Crippen molar-refractivity contribution in [1.82, 2.24) is 0 Å². The topological polar surface area (TPSA) is 74.7 Å². The van der Waals surface area contributed by atoms with Crippen LogP contribution in [0.25, 0.3) is 0 Å². The fourth-order valence-electron chi connectivity index (χ4n) is 2.86. The molecule has 0 amide bonds. The van der Waals surface area contributed by atoms with Gasteiger partial charge >= 0.3 is 5.97 Å². The number of fused-ring (bicyclic) bond motifs is 1. The second kappa shape index (κ2) is 5.14. The lowest BCUT2D eigenvalue weighted by molar-refractivity contribution is -0.137. The molecule has 2 aromatic carbocycles. The standard InChI is InChI=1S/C16H15NO4S/c1-11-6-2-4-8-13(11)17-14(10-16(18)19)12-7-3-5-9-15(12)22(17,20)21/h2-9,14H,10H2,1H3,(H,18,19). The molecule has 0 aliphatic carbocycles. The Balaban J connectivity index is 2.24. The third-order valence-electron chi connectivity index (χ3n) is 3.82. The number of para-hydroxylation sites is 1. The van der Waals surface area contributed by atoms with Gasteiger partial charge in [-0.15, -0.1) is 0 Å². The fourth-order valence-corrected chi connectivity index (χ4v) is 4.81. The molecule has 0 saturated carbocycles. The molecule has 1 aliphatic heterocycles. The van der Waals surface area contributed by atoms with Crippen LogP contribution in [0.1, 0.15) is 23.6 Å². The molecule has 22 heavy (non-hydrogen) atoms. The second-order valence-corrected chi connectivity index (χ2v) is 7.02. The van der Waals surface area contributed by atoms with Crippen molar-refractivity contribution < 1.29 is 18.3 Å². The maximum Gasteiger partial charge on any atom is 0.305 e. The molecule has 1 N–H and O–H groups in total. The van der Waals surface area contributed by atoms with E-state index in [0.29, 0.717) is 11.3 Å². The number of hydrogen-bond donors (Lipinski definition) is 1. The first-order chi connectivity index (χ1) is 10.4. The molecule has 5 nitrogen and oxygen atoms in total. The van der Waals surface area contributed by atoms with Crippen LogP contribution in [0.2, 0.25) is 0 Å². The number of carboxylic acid groups (broad SMARTS) is 1. The van der Waals surface area contributed by atoms with Gasteiger partial charge in [0.1, 0.15) is 0 Å². The average Bonchev–Trinajstić information content (AvgIpc) is 2.68. The highest BCUT2D eigenvalue weighted by molar-refractivity contribution is 7.93. The minimum atomic E-state index is -3.75. The lowest BCUT2D eigenvalue weighted by Crippen LogP contribution is -2.30. The van der Waals surface area contributed by atoms with Crippen molar-refractivity contribution >= 4 is 21.7 Å². The number of benzene rings is 2. The minimum absolute atomic E-state index is 0.185. The summed E-state index contributed by atoms with van der Waals surface area (Å²) in [5, 5.41) is 9.18. The van der Waals surface area contributed by atoms with Crippen LogP contribution >= 0.6 is 0 Å². The molecule has 0 aromatic heterocycles.